The van der Waals surface area contributed by atoms with Crippen molar-refractivity contribution in [2.75, 3.05) is 0 Å². The number of aryl methyl sites for hydroxylation is 1. The first-order valence-electron chi connectivity index (χ1n) is 12.2. The standard InChI is InChI=1S/C25H37ClF3OSi/c1-2-15-31-16-13-20(14-17-31)19-9-7-18(8-10-19)5-3-4-6-21-11-12-22(26)23(27)24(21)30-25(28)29/h11-12,18-20,25H,2-10,13-17H2,1H3. The van der Waals surface area contributed by atoms with Crippen molar-refractivity contribution >= 4 is 20.4 Å². The molecule has 3 rings (SSSR count). The van der Waals surface area contributed by atoms with E-state index in [2.05, 4.69) is 11.7 Å². The molecule has 1 nitrogen and oxygen atoms in total. The highest BCUT2D eigenvalue weighted by Crippen LogP contribution is 2.42. The largest absolute Gasteiger partial charge is 0.431 e. The number of benzene rings is 1. The van der Waals surface area contributed by atoms with Gasteiger partial charge in [0, 0.05) is 8.80 Å². The minimum Gasteiger partial charge on any atom is -0.431 e. The zero-order valence-electron chi connectivity index (χ0n) is 18.8. The molecule has 2 fully saturated rings. The molecule has 0 bridgehead atoms. The van der Waals surface area contributed by atoms with Crippen LogP contribution in [-0.4, -0.2) is 15.4 Å². The van der Waals surface area contributed by atoms with Crippen LogP contribution in [0.25, 0.3) is 0 Å². The number of ether oxygens (including phenoxy) is 1. The Morgan fingerprint density at radius 3 is 2.35 bits per heavy atom. The van der Waals surface area contributed by atoms with Gasteiger partial charge < -0.3 is 4.74 Å². The molecule has 1 aliphatic carbocycles. The molecular formula is C25H37ClF3OSi. The van der Waals surface area contributed by atoms with E-state index < -0.39 is 12.4 Å². The lowest BCUT2D eigenvalue weighted by atomic mass is 9.73. The Hall–Kier alpha value is -0.683. The SMILES string of the molecule is CCC[Si]1CCC(C2CCC(CCCCc3ccc(Cl)c(F)c3OC(F)F)CC2)CC1. The fourth-order valence-corrected chi connectivity index (χ4v) is 8.97. The molecule has 1 aliphatic heterocycles. The number of unbranched alkanes of at least 4 members (excludes halogenated alkanes) is 1. The van der Waals surface area contributed by atoms with E-state index in [1.807, 2.05) is 0 Å². The summed E-state index contributed by atoms with van der Waals surface area (Å²) in [7, 11) is -0.0134. The number of alkyl halides is 2. The Labute approximate surface area is 192 Å². The number of rotatable bonds is 10. The van der Waals surface area contributed by atoms with Gasteiger partial charge in [-0.3, -0.25) is 0 Å². The first kappa shape index (κ1) is 24.9. The molecule has 6 heteroatoms. The van der Waals surface area contributed by atoms with Gasteiger partial charge in [-0.1, -0.05) is 87.7 Å². The quantitative estimate of drug-likeness (QED) is 0.243. The lowest BCUT2D eigenvalue weighted by Gasteiger charge is -2.37. The Balaban J connectivity index is 1.36. The van der Waals surface area contributed by atoms with Crippen LogP contribution in [0.1, 0.15) is 76.7 Å². The summed E-state index contributed by atoms with van der Waals surface area (Å²) in [5.41, 5.74) is 0.479. The van der Waals surface area contributed by atoms with Crippen LogP contribution in [-0.2, 0) is 6.42 Å². The van der Waals surface area contributed by atoms with Crippen LogP contribution >= 0.6 is 11.6 Å². The molecule has 0 N–H and O–H groups in total. The van der Waals surface area contributed by atoms with Crippen molar-refractivity contribution in [3.8, 4) is 5.75 Å². The van der Waals surface area contributed by atoms with E-state index in [-0.39, 0.29) is 19.6 Å². The topological polar surface area (TPSA) is 9.23 Å². The average Bonchev–Trinajstić information content (AvgIpc) is 2.77. The third kappa shape index (κ3) is 7.41. The van der Waals surface area contributed by atoms with E-state index in [1.54, 1.807) is 18.2 Å². The maximum atomic E-state index is 14.1. The summed E-state index contributed by atoms with van der Waals surface area (Å²) in [6.07, 6.45) is 13.4. The van der Waals surface area contributed by atoms with Crippen LogP contribution in [0.4, 0.5) is 13.2 Å². The molecule has 31 heavy (non-hydrogen) atoms. The molecule has 0 spiro atoms. The number of hydrogen-bond donors (Lipinski definition) is 0. The molecule has 0 atom stereocenters. The zero-order chi connectivity index (χ0) is 22.2. The van der Waals surface area contributed by atoms with Crippen molar-refractivity contribution in [3.63, 3.8) is 0 Å². The second kappa shape index (κ2) is 12.5. The molecule has 1 saturated carbocycles. The van der Waals surface area contributed by atoms with Crippen LogP contribution in [0.15, 0.2) is 12.1 Å². The minimum atomic E-state index is -3.05. The van der Waals surface area contributed by atoms with Gasteiger partial charge in [-0.2, -0.15) is 8.78 Å². The second-order valence-corrected chi connectivity index (χ2v) is 13.0. The van der Waals surface area contributed by atoms with Gasteiger partial charge in [-0.15, -0.1) is 0 Å². The van der Waals surface area contributed by atoms with Gasteiger partial charge in [0.25, 0.3) is 0 Å². The van der Waals surface area contributed by atoms with E-state index in [0.29, 0.717) is 12.0 Å². The van der Waals surface area contributed by atoms with Gasteiger partial charge in [-0.05, 0) is 55.1 Å². The molecule has 0 amide bonds. The fraction of sp³-hybridized carbons (Fsp3) is 0.760. The summed E-state index contributed by atoms with van der Waals surface area (Å²) in [6.45, 7) is -0.722. The number of hydrogen-bond acceptors (Lipinski definition) is 1. The monoisotopic (exact) mass is 473 g/mol. The predicted octanol–water partition coefficient (Wildman–Crippen LogP) is 8.91. The van der Waals surface area contributed by atoms with E-state index in [4.69, 9.17) is 11.6 Å². The van der Waals surface area contributed by atoms with Crippen molar-refractivity contribution in [2.45, 2.75) is 102 Å². The molecule has 2 aliphatic rings. The molecule has 1 saturated heterocycles. The van der Waals surface area contributed by atoms with E-state index >= 15 is 0 Å². The van der Waals surface area contributed by atoms with Gasteiger partial charge in [0.2, 0.25) is 0 Å². The lowest BCUT2D eigenvalue weighted by Crippen LogP contribution is -2.28. The zero-order valence-corrected chi connectivity index (χ0v) is 20.5. The summed E-state index contributed by atoms with van der Waals surface area (Å²) in [5.74, 6) is 1.45. The molecule has 0 unspecified atom stereocenters. The summed E-state index contributed by atoms with van der Waals surface area (Å²) in [6, 6.07) is 7.63. The first-order chi connectivity index (χ1) is 15.0. The third-order valence-electron chi connectivity index (χ3n) is 7.55. The predicted molar refractivity (Wildman–Crippen MR) is 124 cm³/mol. The van der Waals surface area contributed by atoms with Crippen molar-refractivity contribution in [2.24, 2.45) is 17.8 Å². The maximum Gasteiger partial charge on any atom is 0.387 e. The van der Waals surface area contributed by atoms with Crippen LogP contribution in [0.5, 0.6) is 5.75 Å². The fourth-order valence-electron chi connectivity index (χ4n) is 5.81. The van der Waals surface area contributed by atoms with Crippen LogP contribution in [0.3, 0.4) is 0 Å². The second-order valence-electron chi connectivity index (χ2n) is 9.59. The van der Waals surface area contributed by atoms with Crippen molar-refractivity contribution < 1.29 is 17.9 Å². The summed E-state index contributed by atoms with van der Waals surface area (Å²) >= 11 is 5.72. The first-order valence-corrected chi connectivity index (χ1v) is 14.7. The average molecular weight is 474 g/mol. The van der Waals surface area contributed by atoms with Crippen LogP contribution < -0.4 is 4.74 Å². The van der Waals surface area contributed by atoms with E-state index in [0.717, 1.165) is 30.6 Å². The molecule has 175 valence electrons. The molecular weight excluding hydrogens is 437 g/mol. The summed E-state index contributed by atoms with van der Waals surface area (Å²) in [4.78, 5) is 0. The summed E-state index contributed by atoms with van der Waals surface area (Å²) < 4.78 is 43.8. The molecule has 1 aromatic rings. The normalized spacial score (nSPS) is 23.4. The minimum absolute atomic E-state index is 0.0134. The van der Waals surface area contributed by atoms with Gasteiger partial charge in [0.15, 0.2) is 11.6 Å². The highest BCUT2D eigenvalue weighted by molar-refractivity contribution is 6.58. The Kier molecular flexibility index (Phi) is 10.1. The Bertz CT molecular complexity index is 671. The molecule has 1 radical (unpaired) electrons. The van der Waals surface area contributed by atoms with Gasteiger partial charge in [0.05, 0.1) is 5.02 Å². The van der Waals surface area contributed by atoms with Gasteiger partial charge in [-0.25, -0.2) is 4.39 Å². The van der Waals surface area contributed by atoms with Gasteiger partial charge in [0.1, 0.15) is 0 Å². The Morgan fingerprint density at radius 2 is 1.71 bits per heavy atom. The molecule has 0 aromatic heterocycles. The van der Waals surface area contributed by atoms with Crippen molar-refractivity contribution in [1.29, 1.82) is 0 Å². The van der Waals surface area contributed by atoms with Crippen molar-refractivity contribution in [3.05, 3.63) is 28.5 Å². The lowest BCUT2D eigenvalue weighted by molar-refractivity contribution is -0.0528. The Morgan fingerprint density at radius 1 is 1.03 bits per heavy atom. The third-order valence-corrected chi connectivity index (χ3v) is 11.0. The number of halogens is 4. The van der Waals surface area contributed by atoms with Crippen LogP contribution in [0.2, 0.25) is 23.2 Å². The smallest absolute Gasteiger partial charge is 0.387 e. The highest BCUT2D eigenvalue weighted by atomic mass is 35.5. The molecule has 1 heterocycles. The van der Waals surface area contributed by atoms with E-state index in [9.17, 15) is 13.2 Å². The highest BCUT2D eigenvalue weighted by Gasteiger charge is 2.31. The van der Waals surface area contributed by atoms with E-state index in [1.165, 1.54) is 63.5 Å². The van der Waals surface area contributed by atoms with Crippen LogP contribution in [0, 0.1) is 23.6 Å². The van der Waals surface area contributed by atoms with Crippen molar-refractivity contribution in [1.82, 2.24) is 0 Å². The van der Waals surface area contributed by atoms with Gasteiger partial charge >= 0.3 is 6.61 Å². The molecule has 1 aromatic carbocycles. The summed E-state index contributed by atoms with van der Waals surface area (Å²) in [5, 5.41) is -0.184. The maximum absolute atomic E-state index is 14.1.